The number of hydrogen-bond donors (Lipinski definition) is 0. The lowest BCUT2D eigenvalue weighted by Gasteiger charge is -2.25. The smallest absolute Gasteiger partial charge is 0.227 e. The molecule has 0 fully saturated rings. The van der Waals surface area contributed by atoms with E-state index in [0.717, 1.165) is 55.2 Å². The van der Waals surface area contributed by atoms with Gasteiger partial charge < -0.3 is 13.7 Å². The van der Waals surface area contributed by atoms with E-state index in [4.69, 9.17) is 13.8 Å². The number of nitrogens with zero attached hydrogens (tertiary/aromatic N) is 3. The second kappa shape index (κ2) is 8.41. The van der Waals surface area contributed by atoms with Crippen molar-refractivity contribution in [1.82, 2.24) is 9.97 Å². The minimum atomic E-state index is 0.617. The van der Waals surface area contributed by atoms with Crippen molar-refractivity contribution >= 4 is 82.7 Å². The minimum absolute atomic E-state index is 0.617. The molecule has 0 bridgehead atoms. The summed E-state index contributed by atoms with van der Waals surface area (Å²) >= 11 is 0. The first kappa shape index (κ1) is 22.2. The maximum Gasteiger partial charge on any atom is 0.227 e. The van der Waals surface area contributed by atoms with Crippen LogP contribution in [0.1, 0.15) is 0 Å². The van der Waals surface area contributed by atoms with E-state index in [1.54, 1.807) is 6.20 Å². The lowest BCUT2D eigenvalue weighted by molar-refractivity contribution is 0.653. The number of para-hydroxylation sites is 2. The Labute approximate surface area is 233 Å². The van der Waals surface area contributed by atoms with Crippen LogP contribution < -0.4 is 4.90 Å². The van der Waals surface area contributed by atoms with Crippen LogP contribution in [-0.4, -0.2) is 9.97 Å². The van der Waals surface area contributed by atoms with Gasteiger partial charge in [0, 0.05) is 28.0 Å². The second-order valence-electron chi connectivity index (χ2n) is 10.3. The largest absolute Gasteiger partial charge is 0.438 e. The van der Waals surface area contributed by atoms with Gasteiger partial charge >= 0.3 is 0 Å². The molecule has 4 aromatic heterocycles. The lowest BCUT2D eigenvalue weighted by atomic mass is 10.0. The van der Waals surface area contributed by atoms with Crippen LogP contribution in [0.3, 0.4) is 0 Å². The van der Waals surface area contributed by atoms with Crippen molar-refractivity contribution in [2.24, 2.45) is 0 Å². The zero-order valence-corrected chi connectivity index (χ0v) is 21.8. The molecule has 5 nitrogen and oxygen atoms in total. The van der Waals surface area contributed by atoms with Gasteiger partial charge in [-0.2, -0.15) is 0 Å². The van der Waals surface area contributed by atoms with Gasteiger partial charge in [0.15, 0.2) is 5.58 Å². The van der Waals surface area contributed by atoms with E-state index in [-0.39, 0.29) is 0 Å². The van der Waals surface area contributed by atoms with Gasteiger partial charge in [0.25, 0.3) is 0 Å². The molecule has 0 N–H and O–H groups in total. The lowest BCUT2D eigenvalue weighted by Crippen LogP contribution is -2.10. The molecule has 0 saturated heterocycles. The Kier molecular flexibility index (Phi) is 4.55. The Balaban J connectivity index is 1.34. The molecule has 5 heteroatoms. The number of benzene rings is 5. The van der Waals surface area contributed by atoms with Gasteiger partial charge in [-0.3, -0.25) is 0 Å². The molecule has 5 aromatic carbocycles. The topological polar surface area (TPSA) is 55.3 Å². The molecule has 9 aromatic rings. The molecule has 41 heavy (non-hydrogen) atoms. The fraction of sp³-hybridized carbons (Fsp3) is 0. The van der Waals surface area contributed by atoms with Crippen LogP contribution in [0, 0.1) is 0 Å². The highest BCUT2D eigenvalue weighted by Crippen LogP contribution is 2.43. The molecule has 0 aliphatic carbocycles. The van der Waals surface area contributed by atoms with E-state index in [2.05, 4.69) is 101 Å². The van der Waals surface area contributed by atoms with Gasteiger partial charge in [-0.15, -0.1) is 0 Å². The fourth-order valence-electron chi connectivity index (χ4n) is 6.08. The number of pyridine rings is 2. The maximum absolute atomic E-state index is 6.40. The fourth-order valence-corrected chi connectivity index (χ4v) is 6.08. The number of anilines is 3. The van der Waals surface area contributed by atoms with Crippen molar-refractivity contribution in [3.8, 4) is 0 Å². The molecule has 0 amide bonds. The first-order valence-corrected chi connectivity index (χ1v) is 13.6. The third-order valence-electron chi connectivity index (χ3n) is 7.96. The third-order valence-corrected chi connectivity index (χ3v) is 7.96. The second-order valence-corrected chi connectivity index (χ2v) is 10.3. The summed E-state index contributed by atoms with van der Waals surface area (Å²) < 4.78 is 12.5. The number of rotatable bonds is 3. The molecule has 0 atom stereocenters. The van der Waals surface area contributed by atoms with Crippen LogP contribution in [0.5, 0.6) is 0 Å². The Morgan fingerprint density at radius 2 is 1.27 bits per heavy atom. The van der Waals surface area contributed by atoms with Gasteiger partial charge in [0.05, 0.1) is 23.0 Å². The highest BCUT2D eigenvalue weighted by Gasteiger charge is 2.21. The molecule has 0 aliphatic heterocycles. The molecule has 0 saturated carbocycles. The van der Waals surface area contributed by atoms with E-state index < -0.39 is 0 Å². The van der Waals surface area contributed by atoms with Crippen molar-refractivity contribution in [2.75, 3.05) is 4.90 Å². The summed E-state index contributed by atoms with van der Waals surface area (Å²) in [6, 6.07) is 39.9. The van der Waals surface area contributed by atoms with Gasteiger partial charge in [-0.1, -0.05) is 72.8 Å². The molecule has 4 heterocycles. The van der Waals surface area contributed by atoms with Crippen molar-refractivity contribution in [2.45, 2.75) is 0 Å². The Bertz CT molecular complexity index is 2450. The van der Waals surface area contributed by atoms with Crippen molar-refractivity contribution in [1.29, 1.82) is 0 Å². The van der Waals surface area contributed by atoms with E-state index in [1.165, 1.54) is 16.2 Å². The molecule has 0 radical (unpaired) electrons. The Hall–Kier alpha value is -5.68. The van der Waals surface area contributed by atoms with Gasteiger partial charge in [0.1, 0.15) is 5.58 Å². The van der Waals surface area contributed by atoms with Crippen LogP contribution in [0.2, 0.25) is 0 Å². The van der Waals surface area contributed by atoms with Crippen molar-refractivity contribution in [3.05, 3.63) is 128 Å². The molecule has 0 spiro atoms. The predicted molar refractivity (Wildman–Crippen MR) is 166 cm³/mol. The quantitative estimate of drug-likeness (QED) is 0.214. The average Bonchev–Trinajstić information content (AvgIpc) is 3.60. The van der Waals surface area contributed by atoms with E-state index in [1.807, 2.05) is 30.5 Å². The van der Waals surface area contributed by atoms with Crippen LogP contribution in [0.4, 0.5) is 17.1 Å². The van der Waals surface area contributed by atoms with Crippen LogP contribution in [0.15, 0.2) is 136 Å². The first-order chi connectivity index (χ1) is 20.3. The van der Waals surface area contributed by atoms with E-state index in [9.17, 15) is 0 Å². The molecular formula is C36H21N3O2. The zero-order valence-electron chi connectivity index (χ0n) is 21.8. The summed E-state index contributed by atoms with van der Waals surface area (Å²) in [5, 5.41) is 8.85. The van der Waals surface area contributed by atoms with E-state index in [0.29, 0.717) is 11.4 Å². The summed E-state index contributed by atoms with van der Waals surface area (Å²) in [4.78, 5) is 11.5. The Morgan fingerprint density at radius 3 is 2.24 bits per heavy atom. The van der Waals surface area contributed by atoms with Gasteiger partial charge in [0.2, 0.25) is 11.4 Å². The normalized spacial score (nSPS) is 11.9. The number of fused-ring (bicyclic) bond motifs is 9. The summed E-state index contributed by atoms with van der Waals surface area (Å²) in [5.41, 5.74) is 5.65. The monoisotopic (exact) mass is 527 g/mol. The standard InChI is InChI=1S/C36H21N3O2/c1-2-8-26-22(7-1)14-15-23-19-24(16-17-27(23)26)39(25-20-31-28-9-3-4-13-33(28)40-36(31)38-21-25)32-12-5-10-29-30-11-6-18-37-35(30)41-34(29)32/h1-21H. The molecule has 9 rings (SSSR count). The highest BCUT2D eigenvalue weighted by atomic mass is 16.3. The van der Waals surface area contributed by atoms with Crippen LogP contribution in [-0.2, 0) is 0 Å². The highest BCUT2D eigenvalue weighted by molar-refractivity contribution is 6.12. The summed E-state index contributed by atoms with van der Waals surface area (Å²) in [5.74, 6) is 0. The molecular weight excluding hydrogens is 506 g/mol. The number of hydrogen-bond acceptors (Lipinski definition) is 5. The van der Waals surface area contributed by atoms with Crippen LogP contribution in [0.25, 0.3) is 65.7 Å². The van der Waals surface area contributed by atoms with Gasteiger partial charge in [-0.05, 0) is 64.0 Å². The van der Waals surface area contributed by atoms with Crippen LogP contribution >= 0.6 is 0 Å². The number of aromatic nitrogens is 2. The minimum Gasteiger partial charge on any atom is -0.438 e. The average molecular weight is 528 g/mol. The predicted octanol–water partition coefficient (Wildman–Crippen LogP) is 10.1. The van der Waals surface area contributed by atoms with Crippen molar-refractivity contribution < 1.29 is 8.83 Å². The maximum atomic E-state index is 6.40. The molecule has 192 valence electrons. The number of furan rings is 2. The summed E-state index contributed by atoms with van der Waals surface area (Å²) in [6.45, 7) is 0. The molecule has 0 unspecified atom stereocenters. The van der Waals surface area contributed by atoms with Crippen molar-refractivity contribution in [3.63, 3.8) is 0 Å². The first-order valence-electron chi connectivity index (χ1n) is 13.6. The van der Waals surface area contributed by atoms with Gasteiger partial charge in [-0.25, -0.2) is 9.97 Å². The summed E-state index contributed by atoms with van der Waals surface area (Å²) in [7, 11) is 0. The SMILES string of the molecule is c1ccc2c(c1)ccc1cc(N(c3cnc4oc5ccccc5c4c3)c3cccc4c3oc3ncccc34)ccc12. The summed E-state index contributed by atoms with van der Waals surface area (Å²) in [6.07, 6.45) is 3.63. The van der Waals surface area contributed by atoms with E-state index >= 15 is 0 Å². The molecule has 0 aliphatic rings. The third kappa shape index (κ3) is 3.29. The Morgan fingerprint density at radius 1 is 0.488 bits per heavy atom. The zero-order chi connectivity index (χ0) is 26.9.